The van der Waals surface area contributed by atoms with Gasteiger partial charge in [0.05, 0.1) is 5.56 Å². The van der Waals surface area contributed by atoms with Gasteiger partial charge in [0.15, 0.2) is 0 Å². The van der Waals surface area contributed by atoms with Crippen molar-refractivity contribution >= 4 is 21.8 Å². The monoisotopic (exact) mass is 325 g/mol. The highest BCUT2D eigenvalue weighted by Gasteiger charge is 2.27. The first-order chi connectivity index (χ1) is 9.11. The van der Waals surface area contributed by atoms with Gasteiger partial charge >= 0.3 is 0 Å². The number of rotatable bonds is 3. The van der Waals surface area contributed by atoms with Crippen molar-refractivity contribution < 1.29 is 4.79 Å². The molecule has 1 aromatic rings. The summed E-state index contributed by atoms with van der Waals surface area (Å²) in [5.74, 6) is 0.0665. The van der Waals surface area contributed by atoms with E-state index in [1.807, 2.05) is 17.9 Å². The van der Waals surface area contributed by atoms with E-state index in [1.165, 1.54) is 0 Å². The number of hydrogen-bond donors (Lipinski definition) is 1. The molecule has 2 N–H and O–H groups in total. The van der Waals surface area contributed by atoms with Crippen molar-refractivity contribution in [1.29, 1.82) is 0 Å². The smallest absolute Gasteiger partial charge is 0.255 e. The van der Waals surface area contributed by atoms with Gasteiger partial charge in [0.1, 0.15) is 0 Å². The predicted octanol–water partition coefficient (Wildman–Crippen LogP) is 2.58. The maximum absolute atomic E-state index is 12.5. The van der Waals surface area contributed by atoms with Crippen LogP contribution in [-0.2, 0) is 0 Å². The zero-order chi connectivity index (χ0) is 13.8. The Hall–Kier alpha value is -0.940. The first-order valence-electron chi connectivity index (χ1n) is 6.79. The SMILES string of the molecule is CCN(C(=O)c1cncc(Br)c1)C1CCC(N)CC1. The highest BCUT2D eigenvalue weighted by molar-refractivity contribution is 9.10. The number of carbonyl (C=O) groups is 1. The van der Waals surface area contributed by atoms with Crippen molar-refractivity contribution in [3.63, 3.8) is 0 Å². The van der Waals surface area contributed by atoms with Crippen molar-refractivity contribution in [2.45, 2.75) is 44.7 Å². The number of nitrogens with two attached hydrogens (primary N) is 1. The first kappa shape index (κ1) is 14.5. The Morgan fingerprint density at radius 2 is 2.11 bits per heavy atom. The van der Waals surface area contributed by atoms with Gasteiger partial charge in [0.25, 0.3) is 5.91 Å². The van der Waals surface area contributed by atoms with Crippen molar-refractivity contribution in [2.24, 2.45) is 5.73 Å². The standard InChI is InChI=1S/C14H20BrN3O/c1-2-18(13-5-3-12(16)4-6-13)14(19)10-7-11(15)9-17-8-10/h7-9,12-13H,2-6,16H2,1H3. The summed E-state index contributed by atoms with van der Waals surface area (Å²) in [7, 11) is 0. The minimum Gasteiger partial charge on any atom is -0.336 e. The number of pyridine rings is 1. The maximum Gasteiger partial charge on any atom is 0.255 e. The average molecular weight is 326 g/mol. The van der Waals surface area contributed by atoms with Gasteiger partial charge in [-0.15, -0.1) is 0 Å². The zero-order valence-electron chi connectivity index (χ0n) is 11.2. The lowest BCUT2D eigenvalue weighted by molar-refractivity contribution is 0.0640. The minimum absolute atomic E-state index is 0.0665. The fourth-order valence-corrected chi connectivity index (χ4v) is 3.04. The molecule has 104 valence electrons. The van der Waals surface area contributed by atoms with E-state index in [0.717, 1.165) is 36.7 Å². The summed E-state index contributed by atoms with van der Waals surface area (Å²) in [5.41, 5.74) is 6.57. The molecule has 0 aromatic carbocycles. The largest absolute Gasteiger partial charge is 0.336 e. The van der Waals surface area contributed by atoms with Gasteiger partial charge < -0.3 is 10.6 Å². The van der Waals surface area contributed by atoms with E-state index in [1.54, 1.807) is 12.4 Å². The van der Waals surface area contributed by atoms with Gasteiger partial charge in [-0.1, -0.05) is 0 Å². The molecule has 0 radical (unpaired) electrons. The first-order valence-corrected chi connectivity index (χ1v) is 7.58. The van der Waals surface area contributed by atoms with E-state index in [4.69, 9.17) is 5.73 Å². The Kier molecular flexibility index (Phi) is 4.93. The molecule has 0 bridgehead atoms. The Labute approximate surface area is 122 Å². The van der Waals surface area contributed by atoms with Crippen LogP contribution < -0.4 is 5.73 Å². The van der Waals surface area contributed by atoms with E-state index in [9.17, 15) is 4.79 Å². The lowest BCUT2D eigenvalue weighted by Gasteiger charge is -2.35. The van der Waals surface area contributed by atoms with Crippen LogP contribution in [0.3, 0.4) is 0 Å². The Morgan fingerprint density at radius 3 is 2.68 bits per heavy atom. The summed E-state index contributed by atoms with van der Waals surface area (Å²) in [5, 5.41) is 0. The fourth-order valence-electron chi connectivity index (χ4n) is 2.68. The molecule has 5 heteroatoms. The van der Waals surface area contributed by atoms with Crippen LogP contribution in [0.2, 0.25) is 0 Å². The summed E-state index contributed by atoms with van der Waals surface area (Å²) in [4.78, 5) is 18.6. The molecule has 0 saturated heterocycles. The second kappa shape index (κ2) is 6.48. The van der Waals surface area contributed by atoms with Crippen molar-refractivity contribution in [1.82, 2.24) is 9.88 Å². The lowest BCUT2D eigenvalue weighted by atomic mass is 9.90. The van der Waals surface area contributed by atoms with Crippen LogP contribution in [0.5, 0.6) is 0 Å². The summed E-state index contributed by atoms with van der Waals surface area (Å²) in [6.45, 7) is 2.75. The quantitative estimate of drug-likeness (QED) is 0.929. The molecule has 1 aromatic heterocycles. The Balaban J connectivity index is 2.11. The van der Waals surface area contributed by atoms with Gasteiger partial charge in [0, 0.05) is 35.5 Å². The van der Waals surface area contributed by atoms with Crippen molar-refractivity contribution in [2.75, 3.05) is 6.54 Å². The average Bonchev–Trinajstić information content (AvgIpc) is 2.41. The zero-order valence-corrected chi connectivity index (χ0v) is 12.8. The molecule has 0 atom stereocenters. The highest BCUT2D eigenvalue weighted by Crippen LogP contribution is 2.23. The van der Waals surface area contributed by atoms with Gasteiger partial charge in [-0.3, -0.25) is 9.78 Å². The number of nitrogens with zero attached hydrogens (tertiary/aromatic N) is 2. The van der Waals surface area contributed by atoms with Crippen LogP contribution in [0, 0.1) is 0 Å². The molecule has 19 heavy (non-hydrogen) atoms. The van der Waals surface area contributed by atoms with Crippen LogP contribution in [0.4, 0.5) is 0 Å². The molecule has 0 aliphatic heterocycles. The normalized spacial score (nSPS) is 23.1. The maximum atomic E-state index is 12.5. The Bertz CT molecular complexity index is 444. The third kappa shape index (κ3) is 3.54. The van der Waals surface area contributed by atoms with E-state index >= 15 is 0 Å². The van der Waals surface area contributed by atoms with Crippen LogP contribution in [-0.4, -0.2) is 34.4 Å². The number of hydrogen-bond acceptors (Lipinski definition) is 3. The fraction of sp³-hybridized carbons (Fsp3) is 0.571. The third-order valence-electron chi connectivity index (χ3n) is 3.74. The third-order valence-corrected chi connectivity index (χ3v) is 4.17. The molecular formula is C14H20BrN3O. The van der Waals surface area contributed by atoms with Gasteiger partial charge in [-0.05, 0) is 54.6 Å². The number of halogens is 1. The van der Waals surface area contributed by atoms with Crippen LogP contribution in [0.15, 0.2) is 22.9 Å². The molecule has 1 fully saturated rings. The van der Waals surface area contributed by atoms with Crippen LogP contribution in [0.1, 0.15) is 43.0 Å². The molecule has 0 unspecified atom stereocenters. The second-order valence-electron chi connectivity index (χ2n) is 5.05. The molecule has 2 rings (SSSR count). The number of aromatic nitrogens is 1. The molecule has 1 saturated carbocycles. The van der Waals surface area contributed by atoms with E-state index < -0.39 is 0 Å². The topological polar surface area (TPSA) is 59.2 Å². The number of carbonyl (C=O) groups excluding carboxylic acids is 1. The summed E-state index contributed by atoms with van der Waals surface area (Å²) >= 11 is 3.36. The van der Waals surface area contributed by atoms with Crippen LogP contribution in [0.25, 0.3) is 0 Å². The van der Waals surface area contributed by atoms with Crippen molar-refractivity contribution in [3.8, 4) is 0 Å². The van der Waals surface area contributed by atoms with Crippen molar-refractivity contribution in [3.05, 3.63) is 28.5 Å². The summed E-state index contributed by atoms with van der Waals surface area (Å²) in [6.07, 6.45) is 7.33. The predicted molar refractivity (Wildman–Crippen MR) is 78.9 cm³/mol. The Morgan fingerprint density at radius 1 is 1.42 bits per heavy atom. The summed E-state index contributed by atoms with van der Waals surface area (Å²) < 4.78 is 0.833. The van der Waals surface area contributed by atoms with Gasteiger partial charge in [-0.2, -0.15) is 0 Å². The molecule has 0 spiro atoms. The van der Waals surface area contributed by atoms with E-state index in [-0.39, 0.29) is 5.91 Å². The lowest BCUT2D eigenvalue weighted by Crippen LogP contribution is -2.44. The second-order valence-corrected chi connectivity index (χ2v) is 5.97. The highest BCUT2D eigenvalue weighted by atomic mass is 79.9. The molecule has 1 aliphatic carbocycles. The molecular weight excluding hydrogens is 306 g/mol. The summed E-state index contributed by atoms with van der Waals surface area (Å²) in [6, 6.07) is 2.45. The molecule has 1 amide bonds. The van der Waals surface area contributed by atoms with Crippen LogP contribution >= 0.6 is 15.9 Å². The van der Waals surface area contributed by atoms with Gasteiger partial charge in [-0.25, -0.2) is 0 Å². The molecule has 1 heterocycles. The van der Waals surface area contributed by atoms with E-state index in [0.29, 0.717) is 17.6 Å². The molecule has 1 aliphatic rings. The van der Waals surface area contributed by atoms with E-state index in [2.05, 4.69) is 20.9 Å². The molecule has 4 nitrogen and oxygen atoms in total. The van der Waals surface area contributed by atoms with Gasteiger partial charge in [0.2, 0.25) is 0 Å². The minimum atomic E-state index is 0.0665. The number of amides is 1.